The fourth-order valence-corrected chi connectivity index (χ4v) is 11.9. The highest BCUT2D eigenvalue weighted by Crippen LogP contribution is 2.83. The molecule has 0 aromatic carbocycles. The topological polar surface area (TPSA) is 157 Å². The van der Waals surface area contributed by atoms with Gasteiger partial charge in [0.05, 0.1) is 25.7 Å². The van der Waals surface area contributed by atoms with Gasteiger partial charge >= 0.3 is 29.8 Å². The standard InChI is InChI=1S/C38H50O12/c1-11-19(2)32(42)49-31-29(48-22(5)41)30-34(6,38-28(50-38)16-24(37(31,38)9)23-13-15-45-18-23)14-12-25-35(30,7)26(46-20(3)39)17-27(47-21(4)40)36(25,8)33(43)44-10/h11,13,15,18,24-31H,12,14,16-17H2,1-10H3/b19-11+/t24-,25+,26-,27?,28+,29+,30?,31-,34+,35+,36-,37+,38-/m0/s1. The van der Waals surface area contributed by atoms with Crippen LogP contribution in [0.15, 0.2) is 34.7 Å². The lowest BCUT2D eigenvalue weighted by atomic mass is 9.34. The first kappa shape index (κ1) is 36.1. The fourth-order valence-electron chi connectivity index (χ4n) is 11.9. The molecule has 0 bridgehead atoms. The highest BCUT2D eigenvalue weighted by molar-refractivity contribution is 5.88. The molecule has 5 aliphatic rings. The average Bonchev–Trinajstić information content (AvgIpc) is 3.40. The average molecular weight is 699 g/mol. The van der Waals surface area contributed by atoms with E-state index >= 15 is 0 Å². The van der Waals surface area contributed by atoms with Crippen LogP contribution in [0.25, 0.3) is 0 Å². The molecule has 4 saturated carbocycles. The number of furan rings is 1. The molecule has 6 rings (SSSR count). The summed E-state index contributed by atoms with van der Waals surface area (Å²) >= 11 is 0. The third kappa shape index (κ3) is 4.61. The molecular formula is C38H50O12. The lowest BCUT2D eigenvalue weighted by Gasteiger charge is -2.71. The maximum absolute atomic E-state index is 14.0. The highest BCUT2D eigenvalue weighted by Gasteiger charge is 2.91. The van der Waals surface area contributed by atoms with Crippen LogP contribution in [-0.4, -0.2) is 73.1 Å². The van der Waals surface area contributed by atoms with Crippen molar-refractivity contribution >= 4 is 29.8 Å². The van der Waals surface area contributed by atoms with Crippen LogP contribution in [0, 0.1) is 33.5 Å². The van der Waals surface area contributed by atoms with Gasteiger partial charge < -0.3 is 32.8 Å². The zero-order valence-electron chi connectivity index (χ0n) is 30.7. The summed E-state index contributed by atoms with van der Waals surface area (Å²) in [6, 6.07) is 1.91. The van der Waals surface area contributed by atoms with Gasteiger partial charge in [-0.15, -0.1) is 0 Å². The number of methoxy groups -OCH3 is 1. The Morgan fingerprint density at radius 2 is 1.52 bits per heavy atom. The Bertz CT molecular complexity index is 1610. The quantitative estimate of drug-likeness (QED) is 0.159. The maximum Gasteiger partial charge on any atom is 0.333 e. The smallest absolute Gasteiger partial charge is 0.333 e. The van der Waals surface area contributed by atoms with Gasteiger partial charge in [0.25, 0.3) is 0 Å². The zero-order chi connectivity index (χ0) is 36.8. The summed E-state index contributed by atoms with van der Waals surface area (Å²) in [5.74, 6) is -4.30. The van der Waals surface area contributed by atoms with Crippen LogP contribution in [0.4, 0.5) is 0 Å². The van der Waals surface area contributed by atoms with Crippen molar-refractivity contribution in [1.82, 2.24) is 0 Å². The van der Waals surface area contributed by atoms with Crippen LogP contribution in [0.3, 0.4) is 0 Å². The molecular weight excluding hydrogens is 648 g/mol. The van der Waals surface area contributed by atoms with Crippen LogP contribution in [-0.2, 0) is 52.4 Å². The lowest BCUT2D eigenvalue weighted by molar-refractivity contribution is -0.309. The largest absolute Gasteiger partial charge is 0.472 e. The van der Waals surface area contributed by atoms with Crippen molar-refractivity contribution in [3.05, 3.63) is 35.8 Å². The Morgan fingerprint density at radius 1 is 0.880 bits per heavy atom. The molecule has 0 radical (unpaired) electrons. The van der Waals surface area contributed by atoms with Crippen LogP contribution in [0.2, 0.25) is 0 Å². The molecule has 12 heteroatoms. The third-order valence-electron chi connectivity index (χ3n) is 13.8. The second-order valence-electron chi connectivity index (χ2n) is 15.9. The van der Waals surface area contributed by atoms with Gasteiger partial charge in [0.1, 0.15) is 35.4 Å². The highest BCUT2D eigenvalue weighted by atomic mass is 16.6. The minimum Gasteiger partial charge on any atom is -0.472 e. The molecule has 50 heavy (non-hydrogen) atoms. The number of allylic oxidation sites excluding steroid dienone is 1. The summed E-state index contributed by atoms with van der Waals surface area (Å²) in [5, 5.41) is 0. The monoisotopic (exact) mass is 698 g/mol. The van der Waals surface area contributed by atoms with E-state index in [1.807, 2.05) is 13.0 Å². The van der Waals surface area contributed by atoms with Crippen molar-refractivity contribution in [3.63, 3.8) is 0 Å². The molecule has 1 aliphatic heterocycles. The molecule has 13 atom stereocenters. The summed E-state index contributed by atoms with van der Waals surface area (Å²) < 4.78 is 42.8. The van der Waals surface area contributed by atoms with Crippen LogP contribution in [0.5, 0.6) is 0 Å². The zero-order valence-corrected chi connectivity index (χ0v) is 30.7. The Labute approximate surface area is 292 Å². The number of esters is 5. The Kier molecular flexibility index (Phi) is 8.64. The molecule has 274 valence electrons. The minimum atomic E-state index is -1.38. The maximum atomic E-state index is 14.0. The summed E-state index contributed by atoms with van der Waals surface area (Å²) in [5.41, 5.74) is -3.70. The number of carbonyl (C=O) groups excluding carboxylic acids is 5. The number of fused-ring (bicyclic) bond motifs is 3. The van der Waals surface area contributed by atoms with Gasteiger partial charge in [0.15, 0.2) is 0 Å². The first-order valence-electron chi connectivity index (χ1n) is 17.5. The summed E-state index contributed by atoms with van der Waals surface area (Å²) in [6.07, 6.45) is 2.37. The first-order valence-corrected chi connectivity index (χ1v) is 17.5. The van der Waals surface area contributed by atoms with E-state index in [2.05, 4.69) is 13.8 Å². The second-order valence-corrected chi connectivity index (χ2v) is 15.9. The van der Waals surface area contributed by atoms with E-state index in [1.54, 1.807) is 39.4 Å². The molecule has 2 heterocycles. The number of carbonyl (C=O) groups is 5. The van der Waals surface area contributed by atoms with Gasteiger partial charge in [-0.25, -0.2) is 4.79 Å². The predicted molar refractivity (Wildman–Crippen MR) is 175 cm³/mol. The Balaban J connectivity index is 1.63. The number of epoxide rings is 1. The minimum absolute atomic E-state index is 0.00847. The van der Waals surface area contributed by atoms with Crippen molar-refractivity contribution < 1.29 is 56.8 Å². The van der Waals surface area contributed by atoms with Gasteiger partial charge in [-0.1, -0.05) is 26.8 Å². The molecule has 1 aromatic rings. The van der Waals surface area contributed by atoms with Crippen LogP contribution >= 0.6 is 0 Å². The van der Waals surface area contributed by atoms with Gasteiger partial charge in [-0.3, -0.25) is 19.2 Å². The number of ether oxygens (including phenoxy) is 6. The fraction of sp³-hybridized carbons (Fsp3) is 0.711. The molecule has 12 nitrogen and oxygen atoms in total. The lowest BCUT2D eigenvalue weighted by Crippen LogP contribution is -2.78. The number of rotatable bonds is 7. The Hall–Kier alpha value is -3.67. The van der Waals surface area contributed by atoms with Gasteiger partial charge in [-0.05, 0) is 57.6 Å². The van der Waals surface area contributed by atoms with Gasteiger partial charge in [0.2, 0.25) is 0 Å². The molecule has 2 unspecified atom stereocenters. The Morgan fingerprint density at radius 3 is 2.08 bits per heavy atom. The molecule has 1 aromatic heterocycles. The van der Waals surface area contributed by atoms with E-state index in [9.17, 15) is 24.0 Å². The van der Waals surface area contributed by atoms with Crippen molar-refractivity contribution in [2.45, 2.75) is 130 Å². The SMILES string of the molecule is C/C=C(\C)C(=O)O[C@H]1[C@H](OC(C)=O)C2[C@@]3(C)[C@@H](OC(C)=O)CC(OC(C)=O)[C@@](C)(C(=O)OC)[C@@H]3CC[C@@]2(C)[C@@]23O[C@@H]2C[C@@H](c2ccoc2)[C@]13C. The van der Waals surface area contributed by atoms with E-state index in [0.29, 0.717) is 24.8 Å². The van der Waals surface area contributed by atoms with Gasteiger partial charge in [-0.2, -0.15) is 0 Å². The normalized spacial score (nSPS) is 44.3. The van der Waals surface area contributed by atoms with Crippen molar-refractivity contribution in [3.8, 4) is 0 Å². The van der Waals surface area contributed by atoms with E-state index in [1.165, 1.54) is 27.9 Å². The molecule has 1 saturated heterocycles. The third-order valence-corrected chi connectivity index (χ3v) is 13.8. The number of hydrogen-bond donors (Lipinski definition) is 0. The molecule has 5 fully saturated rings. The molecule has 0 N–H and O–H groups in total. The summed E-state index contributed by atoms with van der Waals surface area (Å²) in [4.78, 5) is 66.4. The van der Waals surface area contributed by atoms with Crippen molar-refractivity contribution in [2.24, 2.45) is 33.5 Å². The first-order chi connectivity index (χ1) is 23.4. The van der Waals surface area contributed by atoms with Crippen LogP contribution < -0.4 is 0 Å². The summed E-state index contributed by atoms with van der Waals surface area (Å²) in [6.45, 7) is 15.2. The van der Waals surface area contributed by atoms with Crippen molar-refractivity contribution in [1.29, 1.82) is 0 Å². The number of hydrogen-bond acceptors (Lipinski definition) is 12. The summed E-state index contributed by atoms with van der Waals surface area (Å²) in [7, 11) is 1.30. The van der Waals surface area contributed by atoms with E-state index < -0.39 is 93.4 Å². The van der Waals surface area contributed by atoms with Crippen LogP contribution in [0.1, 0.15) is 99.5 Å². The van der Waals surface area contributed by atoms with E-state index in [-0.39, 0.29) is 18.4 Å². The second kappa shape index (κ2) is 12.0. The van der Waals surface area contributed by atoms with E-state index in [0.717, 1.165) is 5.56 Å². The van der Waals surface area contributed by atoms with Crippen molar-refractivity contribution in [2.75, 3.05) is 7.11 Å². The van der Waals surface area contributed by atoms with Gasteiger partial charge in [0, 0.05) is 60.8 Å². The molecule has 0 amide bonds. The van der Waals surface area contributed by atoms with E-state index in [4.69, 9.17) is 32.8 Å². The molecule has 1 spiro atoms. The molecule has 4 aliphatic carbocycles. The predicted octanol–water partition coefficient (Wildman–Crippen LogP) is 5.22.